The Labute approximate surface area is 168 Å². The summed E-state index contributed by atoms with van der Waals surface area (Å²) in [5.41, 5.74) is 13.0. The number of carbonyl (C=O) groups is 1. The summed E-state index contributed by atoms with van der Waals surface area (Å²) in [6, 6.07) is 6.36. The predicted octanol–water partition coefficient (Wildman–Crippen LogP) is 2.97. The van der Waals surface area contributed by atoms with Gasteiger partial charge in [0.2, 0.25) is 0 Å². The van der Waals surface area contributed by atoms with Crippen molar-refractivity contribution < 1.29 is 9.18 Å². The van der Waals surface area contributed by atoms with E-state index in [0.717, 1.165) is 23.5 Å². The number of pyridine rings is 1. The summed E-state index contributed by atoms with van der Waals surface area (Å²) < 4.78 is 16.4. The number of fused-ring (bicyclic) bond motifs is 1. The summed E-state index contributed by atoms with van der Waals surface area (Å²) in [5.74, 6) is -1.25. The number of nitrogens with two attached hydrogens (primary N) is 2. The monoisotopic (exact) mass is 399 g/mol. The van der Waals surface area contributed by atoms with Gasteiger partial charge in [0, 0.05) is 29.7 Å². The van der Waals surface area contributed by atoms with Gasteiger partial charge in [-0.2, -0.15) is 5.10 Å². The maximum atomic E-state index is 14.5. The van der Waals surface area contributed by atoms with Crippen LogP contribution < -0.4 is 22.1 Å². The molecule has 2 atom stereocenters. The van der Waals surface area contributed by atoms with Crippen LogP contribution in [0.3, 0.4) is 0 Å². The highest BCUT2D eigenvalue weighted by atomic mass is 19.1. The van der Waals surface area contributed by atoms with Crippen molar-refractivity contribution in [2.75, 3.05) is 10.6 Å². The van der Waals surface area contributed by atoms with Gasteiger partial charge >= 0.3 is 0 Å². The molecule has 0 saturated carbocycles. The first-order chi connectivity index (χ1) is 13.8. The van der Waals surface area contributed by atoms with Crippen molar-refractivity contribution in [2.45, 2.75) is 45.8 Å². The van der Waals surface area contributed by atoms with Crippen molar-refractivity contribution in [1.82, 2.24) is 14.8 Å². The van der Waals surface area contributed by atoms with Gasteiger partial charge in [0.1, 0.15) is 5.82 Å². The topological polar surface area (TPSA) is 124 Å². The second kappa shape index (κ2) is 8.44. The first-order valence-corrected chi connectivity index (χ1v) is 9.59. The summed E-state index contributed by atoms with van der Waals surface area (Å²) in [5, 5.41) is 11.3. The summed E-state index contributed by atoms with van der Waals surface area (Å²) in [4.78, 5) is 16.1. The quantitative estimate of drug-likeness (QED) is 0.462. The fourth-order valence-electron chi connectivity index (χ4n) is 3.21. The van der Waals surface area contributed by atoms with Crippen LogP contribution in [0.4, 0.5) is 21.7 Å². The number of primary amides is 1. The molecular formula is C20H26FN7O. The molecule has 1 aromatic carbocycles. The van der Waals surface area contributed by atoms with Gasteiger partial charge in [-0.05, 0) is 44.5 Å². The standard InChI is InChI=1S/C20H26FN7O/c1-4-16(11(3)22)26-20-15(21)9-14(18(23)29)19(27-20)25-13-6-7-17-12(8-13)10-24-28(17)5-2/h6-11,16H,4-5,22H2,1-3H3,(H2,23,29)(H2,25,26,27). The van der Waals surface area contributed by atoms with Crippen LogP contribution in [0.25, 0.3) is 10.9 Å². The summed E-state index contributed by atoms with van der Waals surface area (Å²) in [6.07, 6.45) is 2.45. The Bertz CT molecular complexity index is 1030. The normalized spacial score (nSPS) is 13.3. The van der Waals surface area contributed by atoms with Gasteiger partial charge in [-0.15, -0.1) is 0 Å². The maximum absolute atomic E-state index is 14.5. The third-order valence-electron chi connectivity index (χ3n) is 4.84. The molecule has 29 heavy (non-hydrogen) atoms. The van der Waals surface area contributed by atoms with Gasteiger partial charge in [-0.25, -0.2) is 9.37 Å². The second-order valence-corrected chi connectivity index (χ2v) is 6.96. The lowest BCUT2D eigenvalue weighted by atomic mass is 10.1. The van der Waals surface area contributed by atoms with Crippen LogP contribution in [0.2, 0.25) is 0 Å². The Hall–Kier alpha value is -3.20. The van der Waals surface area contributed by atoms with Gasteiger partial charge in [0.15, 0.2) is 11.6 Å². The van der Waals surface area contributed by atoms with Crippen LogP contribution in [0.15, 0.2) is 30.5 Å². The highest BCUT2D eigenvalue weighted by Crippen LogP contribution is 2.26. The molecule has 1 amide bonds. The predicted molar refractivity (Wildman–Crippen MR) is 113 cm³/mol. The van der Waals surface area contributed by atoms with Crippen molar-refractivity contribution in [3.63, 3.8) is 0 Å². The minimum atomic E-state index is -0.774. The van der Waals surface area contributed by atoms with E-state index in [0.29, 0.717) is 12.1 Å². The van der Waals surface area contributed by atoms with Crippen LogP contribution in [-0.4, -0.2) is 32.8 Å². The maximum Gasteiger partial charge on any atom is 0.252 e. The van der Waals surface area contributed by atoms with Crippen molar-refractivity contribution in [2.24, 2.45) is 11.5 Å². The second-order valence-electron chi connectivity index (χ2n) is 6.96. The fraction of sp³-hybridized carbons (Fsp3) is 0.350. The van der Waals surface area contributed by atoms with E-state index in [1.54, 1.807) is 6.20 Å². The van der Waals surface area contributed by atoms with E-state index in [2.05, 4.69) is 20.7 Å². The zero-order valence-electron chi connectivity index (χ0n) is 16.7. The van der Waals surface area contributed by atoms with E-state index < -0.39 is 11.7 Å². The summed E-state index contributed by atoms with van der Waals surface area (Å²) in [6.45, 7) is 6.55. The van der Waals surface area contributed by atoms with Gasteiger partial charge in [0.05, 0.1) is 17.3 Å². The van der Waals surface area contributed by atoms with E-state index in [1.165, 1.54) is 0 Å². The minimum absolute atomic E-state index is 0.0153. The SMILES string of the molecule is CCC(Nc1nc(Nc2ccc3c(cnn3CC)c2)c(C(N)=O)cc1F)C(C)N. The number of hydrogen-bond donors (Lipinski definition) is 4. The Kier molecular flexibility index (Phi) is 5.97. The first-order valence-electron chi connectivity index (χ1n) is 9.59. The summed E-state index contributed by atoms with van der Waals surface area (Å²) >= 11 is 0. The zero-order valence-corrected chi connectivity index (χ0v) is 16.7. The van der Waals surface area contributed by atoms with Crippen molar-refractivity contribution in [3.8, 4) is 0 Å². The molecule has 0 aliphatic heterocycles. The van der Waals surface area contributed by atoms with Crippen LogP contribution in [0.5, 0.6) is 0 Å². The molecule has 0 aliphatic carbocycles. The molecule has 0 aliphatic rings. The van der Waals surface area contributed by atoms with Crippen LogP contribution in [0, 0.1) is 5.82 Å². The highest BCUT2D eigenvalue weighted by Gasteiger charge is 2.19. The molecule has 154 valence electrons. The van der Waals surface area contributed by atoms with Gasteiger partial charge in [-0.3, -0.25) is 9.48 Å². The van der Waals surface area contributed by atoms with E-state index in [4.69, 9.17) is 11.5 Å². The molecular weight excluding hydrogens is 373 g/mol. The van der Waals surface area contributed by atoms with Crippen molar-refractivity contribution >= 4 is 34.1 Å². The first kappa shape index (κ1) is 20.5. The third kappa shape index (κ3) is 4.29. The molecule has 9 heteroatoms. The van der Waals surface area contributed by atoms with E-state index in [-0.39, 0.29) is 29.3 Å². The number of aromatic nitrogens is 3. The number of anilines is 3. The van der Waals surface area contributed by atoms with Crippen molar-refractivity contribution in [1.29, 1.82) is 0 Å². The molecule has 2 aromatic heterocycles. The third-order valence-corrected chi connectivity index (χ3v) is 4.84. The number of amides is 1. The molecule has 0 radical (unpaired) electrons. The molecule has 8 nitrogen and oxygen atoms in total. The lowest BCUT2D eigenvalue weighted by Gasteiger charge is -2.22. The van der Waals surface area contributed by atoms with Crippen LogP contribution in [-0.2, 0) is 6.54 Å². The number of nitrogens with zero attached hydrogens (tertiary/aromatic N) is 3. The average molecular weight is 399 g/mol. The van der Waals surface area contributed by atoms with E-state index >= 15 is 0 Å². The Morgan fingerprint density at radius 2 is 2.03 bits per heavy atom. The largest absolute Gasteiger partial charge is 0.365 e. The number of carbonyl (C=O) groups excluding carboxylic acids is 1. The molecule has 0 bridgehead atoms. The van der Waals surface area contributed by atoms with Gasteiger partial charge in [-0.1, -0.05) is 6.92 Å². The zero-order chi connectivity index (χ0) is 21.1. The smallest absolute Gasteiger partial charge is 0.252 e. The molecule has 2 heterocycles. The molecule has 6 N–H and O–H groups in total. The average Bonchev–Trinajstić information content (AvgIpc) is 3.09. The van der Waals surface area contributed by atoms with Gasteiger partial charge < -0.3 is 22.1 Å². The number of nitrogens with one attached hydrogen (secondary N) is 2. The number of benzene rings is 1. The van der Waals surface area contributed by atoms with Gasteiger partial charge in [0.25, 0.3) is 5.91 Å². The van der Waals surface area contributed by atoms with E-state index in [9.17, 15) is 9.18 Å². The van der Waals surface area contributed by atoms with Crippen LogP contribution >= 0.6 is 0 Å². The molecule has 0 spiro atoms. The Balaban J connectivity index is 1.98. The Morgan fingerprint density at radius 3 is 2.66 bits per heavy atom. The number of rotatable bonds is 8. The lowest BCUT2D eigenvalue weighted by molar-refractivity contribution is 0.100. The fourth-order valence-corrected chi connectivity index (χ4v) is 3.21. The Morgan fingerprint density at radius 1 is 1.28 bits per heavy atom. The van der Waals surface area contributed by atoms with Crippen molar-refractivity contribution in [3.05, 3.63) is 41.8 Å². The highest BCUT2D eigenvalue weighted by molar-refractivity contribution is 5.99. The number of halogens is 1. The molecule has 3 rings (SSSR count). The number of hydrogen-bond acceptors (Lipinski definition) is 6. The molecule has 2 unspecified atom stereocenters. The number of aryl methyl sites for hydroxylation is 1. The summed E-state index contributed by atoms with van der Waals surface area (Å²) in [7, 11) is 0. The molecule has 3 aromatic rings. The molecule has 0 saturated heterocycles. The molecule has 0 fully saturated rings. The minimum Gasteiger partial charge on any atom is -0.365 e. The lowest BCUT2D eigenvalue weighted by Crippen LogP contribution is -2.38. The van der Waals surface area contributed by atoms with E-state index in [1.807, 2.05) is 43.7 Å². The van der Waals surface area contributed by atoms with Crippen LogP contribution in [0.1, 0.15) is 37.6 Å².